The minimum Gasteiger partial charge on any atom is -0.494 e. The van der Waals surface area contributed by atoms with Gasteiger partial charge in [0.1, 0.15) is 11.3 Å². The highest BCUT2D eigenvalue weighted by atomic mass is 16.6. The standard InChI is InChI=1S/C17H13N3O5/c1-24-16-8-12(20(22)23)6-7-13(16)18-9-11(10-21)17-19-14-4-2-3-5-15(14)25-17/h2-10,18H,1H3. The summed E-state index contributed by atoms with van der Waals surface area (Å²) in [5, 5.41) is 13.7. The Balaban J connectivity index is 1.91. The number of aromatic nitrogens is 1. The van der Waals surface area contributed by atoms with E-state index in [0.29, 0.717) is 23.1 Å². The highest BCUT2D eigenvalue weighted by Gasteiger charge is 2.13. The molecule has 1 heterocycles. The number of aldehydes is 1. The maximum Gasteiger partial charge on any atom is 0.273 e. The van der Waals surface area contributed by atoms with Crippen LogP contribution in [-0.2, 0) is 4.79 Å². The van der Waals surface area contributed by atoms with Gasteiger partial charge in [-0.1, -0.05) is 12.1 Å². The number of non-ortho nitro benzene ring substituents is 1. The second kappa shape index (κ2) is 6.83. The second-order valence-corrected chi connectivity index (χ2v) is 4.99. The Kier molecular flexibility index (Phi) is 4.42. The highest BCUT2D eigenvalue weighted by Crippen LogP contribution is 2.29. The van der Waals surface area contributed by atoms with Gasteiger partial charge in [-0.15, -0.1) is 0 Å². The van der Waals surface area contributed by atoms with E-state index in [1.807, 2.05) is 12.1 Å². The number of hydrogen-bond acceptors (Lipinski definition) is 7. The number of oxazole rings is 1. The third-order valence-corrected chi connectivity index (χ3v) is 3.45. The Labute approximate surface area is 141 Å². The molecule has 0 aliphatic carbocycles. The molecule has 0 unspecified atom stereocenters. The van der Waals surface area contributed by atoms with Crippen molar-refractivity contribution in [3.8, 4) is 5.75 Å². The lowest BCUT2D eigenvalue weighted by Gasteiger charge is -2.08. The molecule has 0 aliphatic rings. The zero-order valence-electron chi connectivity index (χ0n) is 13.1. The minimum absolute atomic E-state index is 0.0964. The van der Waals surface area contributed by atoms with Crippen molar-refractivity contribution in [1.82, 2.24) is 4.98 Å². The lowest BCUT2D eigenvalue weighted by Crippen LogP contribution is -1.97. The monoisotopic (exact) mass is 339 g/mol. The largest absolute Gasteiger partial charge is 0.494 e. The first-order valence-corrected chi connectivity index (χ1v) is 7.22. The molecule has 8 nitrogen and oxygen atoms in total. The Morgan fingerprint density at radius 3 is 2.80 bits per heavy atom. The number of hydrogen-bond donors (Lipinski definition) is 1. The number of nitrogens with zero attached hydrogens (tertiary/aromatic N) is 2. The smallest absolute Gasteiger partial charge is 0.273 e. The van der Waals surface area contributed by atoms with Crippen molar-refractivity contribution in [3.63, 3.8) is 0 Å². The number of anilines is 1. The number of ether oxygens (including phenoxy) is 1. The summed E-state index contributed by atoms with van der Waals surface area (Å²) < 4.78 is 10.7. The van der Waals surface area contributed by atoms with Crippen LogP contribution in [0.25, 0.3) is 16.7 Å². The van der Waals surface area contributed by atoms with E-state index in [-0.39, 0.29) is 22.9 Å². The van der Waals surface area contributed by atoms with Crippen LogP contribution in [0.2, 0.25) is 0 Å². The van der Waals surface area contributed by atoms with Crippen LogP contribution < -0.4 is 10.1 Å². The van der Waals surface area contributed by atoms with Crippen molar-refractivity contribution < 1.29 is 18.9 Å². The third-order valence-electron chi connectivity index (χ3n) is 3.45. The van der Waals surface area contributed by atoms with Gasteiger partial charge in [0.2, 0.25) is 5.89 Å². The van der Waals surface area contributed by atoms with E-state index in [2.05, 4.69) is 10.3 Å². The number of para-hydroxylation sites is 2. The summed E-state index contributed by atoms with van der Waals surface area (Å²) in [4.78, 5) is 25.9. The number of allylic oxidation sites excluding steroid dienone is 1. The van der Waals surface area contributed by atoms with Gasteiger partial charge in [-0.2, -0.15) is 0 Å². The number of rotatable bonds is 6. The second-order valence-electron chi connectivity index (χ2n) is 4.99. The first-order chi connectivity index (χ1) is 12.1. The number of nitrogens with one attached hydrogen (secondary N) is 1. The van der Waals surface area contributed by atoms with Crippen molar-refractivity contribution in [3.05, 3.63) is 64.7 Å². The summed E-state index contributed by atoms with van der Waals surface area (Å²) in [7, 11) is 1.40. The van der Waals surface area contributed by atoms with E-state index in [9.17, 15) is 14.9 Å². The van der Waals surface area contributed by atoms with Gasteiger partial charge in [-0.25, -0.2) is 4.98 Å². The average molecular weight is 339 g/mol. The van der Waals surface area contributed by atoms with E-state index < -0.39 is 4.92 Å². The fourth-order valence-corrected chi connectivity index (χ4v) is 2.21. The molecule has 0 aliphatic heterocycles. The lowest BCUT2D eigenvalue weighted by molar-refractivity contribution is -0.384. The molecule has 126 valence electrons. The van der Waals surface area contributed by atoms with Crippen molar-refractivity contribution in [2.45, 2.75) is 0 Å². The summed E-state index contributed by atoms with van der Waals surface area (Å²) in [6.07, 6.45) is 2.01. The van der Waals surface area contributed by atoms with Crippen molar-refractivity contribution in [2.75, 3.05) is 12.4 Å². The molecule has 0 saturated carbocycles. The number of methoxy groups -OCH3 is 1. The number of nitro groups is 1. The predicted octanol–water partition coefficient (Wildman–Crippen LogP) is 3.40. The Hall–Kier alpha value is -3.68. The maximum absolute atomic E-state index is 11.4. The Bertz CT molecular complexity index is 944. The summed E-state index contributed by atoms with van der Waals surface area (Å²) in [5.74, 6) is 0.442. The molecule has 1 aromatic heterocycles. The van der Waals surface area contributed by atoms with Crippen molar-refractivity contribution in [1.29, 1.82) is 0 Å². The van der Waals surface area contributed by atoms with Crippen molar-refractivity contribution in [2.24, 2.45) is 0 Å². The summed E-state index contributed by atoms with van der Waals surface area (Å²) in [5.41, 5.74) is 1.76. The number of benzene rings is 2. The fraction of sp³-hybridized carbons (Fsp3) is 0.0588. The quantitative estimate of drug-likeness (QED) is 0.317. The van der Waals surface area contributed by atoms with E-state index in [4.69, 9.17) is 9.15 Å². The highest BCUT2D eigenvalue weighted by molar-refractivity contribution is 6.06. The van der Waals surface area contributed by atoms with Crippen LogP contribution in [-0.4, -0.2) is 23.3 Å². The molecule has 0 radical (unpaired) electrons. The van der Waals surface area contributed by atoms with Crippen LogP contribution in [0.1, 0.15) is 5.89 Å². The molecular formula is C17H13N3O5. The molecule has 0 atom stereocenters. The van der Waals surface area contributed by atoms with E-state index in [1.54, 1.807) is 12.1 Å². The van der Waals surface area contributed by atoms with Gasteiger partial charge in [0.05, 0.1) is 29.4 Å². The van der Waals surface area contributed by atoms with Gasteiger partial charge in [0, 0.05) is 12.3 Å². The van der Waals surface area contributed by atoms with Crippen LogP contribution >= 0.6 is 0 Å². The van der Waals surface area contributed by atoms with Gasteiger partial charge in [0.15, 0.2) is 11.9 Å². The normalized spacial score (nSPS) is 11.3. The van der Waals surface area contributed by atoms with Crippen LogP contribution in [0, 0.1) is 10.1 Å². The van der Waals surface area contributed by atoms with Crippen LogP contribution in [0.4, 0.5) is 11.4 Å². The first-order valence-electron chi connectivity index (χ1n) is 7.22. The van der Waals surface area contributed by atoms with Gasteiger partial charge in [-0.05, 0) is 18.2 Å². The van der Waals surface area contributed by atoms with Crippen LogP contribution in [0.3, 0.4) is 0 Å². The summed E-state index contributed by atoms with van der Waals surface area (Å²) in [6.45, 7) is 0. The molecular weight excluding hydrogens is 326 g/mol. The van der Waals surface area contributed by atoms with Gasteiger partial charge in [-0.3, -0.25) is 14.9 Å². The molecule has 8 heteroatoms. The molecule has 2 aromatic carbocycles. The first kappa shape index (κ1) is 16.2. The van der Waals surface area contributed by atoms with E-state index in [1.165, 1.54) is 31.5 Å². The average Bonchev–Trinajstić information content (AvgIpc) is 3.06. The van der Waals surface area contributed by atoms with Crippen LogP contribution in [0.5, 0.6) is 5.75 Å². The maximum atomic E-state index is 11.4. The molecule has 3 aromatic rings. The number of fused-ring (bicyclic) bond motifs is 1. The predicted molar refractivity (Wildman–Crippen MR) is 91.3 cm³/mol. The topological polar surface area (TPSA) is 108 Å². The molecule has 1 N–H and O–H groups in total. The molecule has 0 saturated heterocycles. The molecule has 0 spiro atoms. The molecule has 0 fully saturated rings. The minimum atomic E-state index is -0.517. The number of nitro benzene ring substituents is 1. The fourth-order valence-electron chi connectivity index (χ4n) is 2.21. The third kappa shape index (κ3) is 3.32. The van der Waals surface area contributed by atoms with Crippen LogP contribution in [0.15, 0.2) is 53.1 Å². The Morgan fingerprint density at radius 1 is 1.32 bits per heavy atom. The molecule has 25 heavy (non-hydrogen) atoms. The van der Waals surface area contributed by atoms with Gasteiger partial charge < -0.3 is 14.5 Å². The van der Waals surface area contributed by atoms with E-state index >= 15 is 0 Å². The zero-order valence-corrected chi connectivity index (χ0v) is 13.1. The Morgan fingerprint density at radius 2 is 2.12 bits per heavy atom. The SMILES string of the molecule is COc1cc([N+](=O)[O-])ccc1NC=C(C=O)c1nc2ccccc2o1. The lowest BCUT2D eigenvalue weighted by atomic mass is 10.2. The van der Waals surface area contributed by atoms with Gasteiger partial charge in [0.25, 0.3) is 5.69 Å². The summed E-state index contributed by atoms with van der Waals surface area (Å²) in [6, 6.07) is 11.3. The molecule has 0 bridgehead atoms. The van der Waals surface area contributed by atoms with E-state index in [0.717, 1.165) is 0 Å². The van der Waals surface area contributed by atoms with Gasteiger partial charge >= 0.3 is 0 Å². The number of carbonyl (C=O) groups is 1. The zero-order chi connectivity index (χ0) is 17.8. The number of carbonyl (C=O) groups excluding carboxylic acids is 1. The van der Waals surface area contributed by atoms with Crippen molar-refractivity contribution >= 4 is 34.3 Å². The summed E-state index contributed by atoms with van der Waals surface area (Å²) >= 11 is 0. The molecule has 3 rings (SSSR count). The molecule has 0 amide bonds.